The fourth-order valence-electron chi connectivity index (χ4n) is 3.74. The van der Waals surface area contributed by atoms with E-state index >= 15 is 0 Å². The number of nitro benzene ring substituents is 2. The van der Waals surface area contributed by atoms with Crippen molar-refractivity contribution < 1.29 is 38.0 Å². The highest BCUT2D eigenvalue weighted by Crippen LogP contribution is 2.30. The molecule has 1 heterocycles. The van der Waals surface area contributed by atoms with Crippen LogP contribution in [0.5, 0.6) is 5.75 Å². The first kappa shape index (κ1) is 25.2. The van der Waals surface area contributed by atoms with Gasteiger partial charge in [-0.05, 0) is 60.9 Å². The number of aryl methyl sites for hydroxylation is 1. The average Bonchev–Trinajstić information content (AvgIpc) is 2.90. The average molecular weight is 510 g/mol. The van der Waals surface area contributed by atoms with Gasteiger partial charge >= 0.3 is 11.9 Å². The van der Waals surface area contributed by atoms with E-state index in [1.807, 2.05) is 0 Å². The van der Waals surface area contributed by atoms with Gasteiger partial charge in [-0.1, -0.05) is 0 Å². The van der Waals surface area contributed by atoms with E-state index in [4.69, 9.17) is 14.2 Å². The first-order valence-electron chi connectivity index (χ1n) is 11.0. The lowest BCUT2D eigenvalue weighted by Crippen LogP contribution is -2.41. The molecule has 11 nitrogen and oxygen atoms in total. The molecule has 1 aliphatic rings. The van der Waals surface area contributed by atoms with Gasteiger partial charge in [0.15, 0.2) is 6.10 Å². The van der Waals surface area contributed by atoms with Gasteiger partial charge in [-0.25, -0.2) is 14.0 Å². The van der Waals surface area contributed by atoms with Crippen LogP contribution in [-0.2, 0) is 15.9 Å². The Balaban J connectivity index is 1.50. The van der Waals surface area contributed by atoms with Gasteiger partial charge < -0.3 is 14.2 Å². The summed E-state index contributed by atoms with van der Waals surface area (Å²) in [6.45, 7) is -0.407. The normalized spacial score (nSPS) is 15.0. The van der Waals surface area contributed by atoms with Crippen LogP contribution >= 0.6 is 0 Å². The Morgan fingerprint density at radius 3 is 2.05 bits per heavy atom. The molecule has 0 fully saturated rings. The predicted molar refractivity (Wildman–Crippen MR) is 125 cm³/mol. The standard InChI is InChI=1S/C25H19FN2O9/c26-18-6-12-21-17(13-18)5-11-22(36-21)23(37-25(30)16-3-9-20(10-4-16)28(33)34)14-35-24(29)15-1-7-19(8-2-15)27(31)32/h1-4,6-10,12-13,22-23H,5,11,14H2/t22-,23-/m1/s1. The molecule has 12 heteroatoms. The van der Waals surface area contributed by atoms with Gasteiger partial charge in [0.1, 0.15) is 24.3 Å². The number of ether oxygens (including phenoxy) is 3. The summed E-state index contributed by atoms with van der Waals surface area (Å²) in [6.07, 6.45) is -1.09. The molecule has 0 spiro atoms. The molecule has 3 aromatic rings. The Labute approximate surface area is 208 Å². The molecular formula is C25H19FN2O9. The summed E-state index contributed by atoms with van der Waals surface area (Å²) in [7, 11) is 0. The highest BCUT2D eigenvalue weighted by Gasteiger charge is 2.33. The van der Waals surface area contributed by atoms with Crippen molar-refractivity contribution in [1.82, 2.24) is 0 Å². The highest BCUT2D eigenvalue weighted by molar-refractivity contribution is 5.90. The molecular weight excluding hydrogens is 491 g/mol. The molecule has 4 rings (SSSR count). The predicted octanol–water partition coefficient (Wildman–Crippen LogP) is 4.42. The van der Waals surface area contributed by atoms with E-state index in [1.165, 1.54) is 42.5 Å². The molecule has 1 aliphatic heterocycles. The van der Waals surface area contributed by atoms with Crippen molar-refractivity contribution in [3.63, 3.8) is 0 Å². The molecule has 0 amide bonds. The minimum absolute atomic E-state index is 0.0376. The van der Waals surface area contributed by atoms with Crippen LogP contribution in [0, 0.1) is 26.0 Å². The van der Waals surface area contributed by atoms with Crippen molar-refractivity contribution in [2.45, 2.75) is 25.0 Å². The lowest BCUT2D eigenvalue weighted by molar-refractivity contribution is -0.385. The minimum Gasteiger partial charge on any atom is -0.486 e. The number of esters is 2. The van der Waals surface area contributed by atoms with Gasteiger partial charge in [0.25, 0.3) is 11.4 Å². The fourth-order valence-corrected chi connectivity index (χ4v) is 3.74. The fraction of sp³-hybridized carbons (Fsp3) is 0.200. The highest BCUT2D eigenvalue weighted by atomic mass is 19.1. The van der Waals surface area contributed by atoms with E-state index in [9.17, 15) is 34.2 Å². The molecule has 0 aliphatic carbocycles. The molecule has 0 saturated carbocycles. The number of nitrogens with zero attached hydrogens (tertiary/aromatic N) is 2. The van der Waals surface area contributed by atoms with Crippen molar-refractivity contribution in [3.8, 4) is 5.75 Å². The van der Waals surface area contributed by atoms with Crippen LogP contribution in [0.25, 0.3) is 0 Å². The molecule has 3 aromatic carbocycles. The maximum atomic E-state index is 13.6. The summed E-state index contributed by atoms with van der Waals surface area (Å²) in [5, 5.41) is 21.7. The smallest absolute Gasteiger partial charge is 0.338 e. The van der Waals surface area contributed by atoms with E-state index in [2.05, 4.69) is 0 Å². The topological polar surface area (TPSA) is 148 Å². The second kappa shape index (κ2) is 10.8. The molecule has 0 aromatic heterocycles. The third kappa shape index (κ3) is 6.04. The summed E-state index contributed by atoms with van der Waals surface area (Å²) in [4.78, 5) is 45.8. The minimum atomic E-state index is -1.08. The molecule has 0 bridgehead atoms. The zero-order valence-electron chi connectivity index (χ0n) is 19.1. The van der Waals surface area contributed by atoms with Crippen molar-refractivity contribution in [3.05, 3.63) is 109 Å². The van der Waals surface area contributed by atoms with Crippen molar-refractivity contribution in [2.24, 2.45) is 0 Å². The Kier molecular flexibility index (Phi) is 7.37. The van der Waals surface area contributed by atoms with E-state index in [0.717, 1.165) is 24.3 Å². The van der Waals surface area contributed by atoms with Crippen LogP contribution in [-0.4, -0.2) is 40.6 Å². The third-order valence-electron chi connectivity index (χ3n) is 5.68. The van der Waals surface area contributed by atoms with E-state index in [-0.39, 0.29) is 22.5 Å². The second-order valence-corrected chi connectivity index (χ2v) is 8.10. The number of carbonyl (C=O) groups is 2. The van der Waals surface area contributed by atoms with Crippen molar-refractivity contribution >= 4 is 23.3 Å². The molecule has 0 N–H and O–H groups in total. The monoisotopic (exact) mass is 510 g/mol. The summed E-state index contributed by atoms with van der Waals surface area (Å²) >= 11 is 0. The first-order chi connectivity index (χ1) is 17.7. The number of hydrogen-bond acceptors (Lipinski definition) is 9. The summed E-state index contributed by atoms with van der Waals surface area (Å²) in [5.74, 6) is -1.64. The molecule has 0 saturated heterocycles. The number of benzene rings is 3. The van der Waals surface area contributed by atoms with Gasteiger partial charge in [0.2, 0.25) is 0 Å². The maximum absolute atomic E-state index is 13.6. The van der Waals surface area contributed by atoms with Crippen LogP contribution in [0.3, 0.4) is 0 Å². The molecule has 0 radical (unpaired) electrons. The van der Waals surface area contributed by atoms with Gasteiger partial charge in [-0.3, -0.25) is 20.2 Å². The van der Waals surface area contributed by atoms with Crippen molar-refractivity contribution in [2.75, 3.05) is 6.61 Å². The van der Waals surface area contributed by atoms with Crippen LogP contribution in [0.15, 0.2) is 66.7 Å². The van der Waals surface area contributed by atoms with E-state index in [1.54, 1.807) is 0 Å². The summed E-state index contributed by atoms with van der Waals surface area (Å²) in [5.41, 5.74) is 0.327. The Morgan fingerprint density at radius 1 is 0.919 bits per heavy atom. The Bertz CT molecular complexity index is 1340. The molecule has 2 atom stereocenters. The molecule has 0 unspecified atom stereocenters. The molecule has 190 valence electrons. The largest absolute Gasteiger partial charge is 0.486 e. The number of halogens is 1. The lowest BCUT2D eigenvalue weighted by atomic mass is 9.99. The number of non-ortho nitro benzene ring substituents is 2. The van der Waals surface area contributed by atoms with Crippen LogP contribution in [0.4, 0.5) is 15.8 Å². The first-order valence-corrected chi connectivity index (χ1v) is 11.0. The zero-order chi connectivity index (χ0) is 26.5. The van der Waals surface area contributed by atoms with Gasteiger partial charge in [-0.15, -0.1) is 0 Å². The molecule has 37 heavy (non-hydrogen) atoms. The maximum Gasteiger partial charge on any atom is 0.338 e. The summed E-state index contributed by atoms with van der Waals surface area (Å²) in [6, 6.07) is 13.6. The van der Waals surface area contributed by atoms with Crippen molar-refractivity contribution in [1.29, 1.82) is 0 Å². The van der Waals surface area contributed by atoms with Gasteiger partial charge in [0, 0.05) is 24.3 Å². The SMILES string of the molecule is O=C(OC[C@@H](OC(=O)c1ccc([N+](=O)[O-])cc1)[C@H]1CCc2cc(F)ccc2O1)c1ccc([N+](=O)[O-])cc1. The van der Waals surface area contributed by atoms with E-state index < -0.39 is 46.4 Å². The lowest BCUT2D eigenvalue weighted by Gasteiger charge is -2.31. The number of carbonyl (C=O) groups excluding carboxylic acids is 2. The zero-order valence-corrected chi connectivity index (χ0v) is 19.1. The Hall–Kier alpha value is -4.87. The number of fused-ring (bicyclic) bond motifs is 1. The summed E-state index contributed by atoms with van der Waals surface area (Å²) < 4.78 is 30.4. The van der Waals surface area contributed by atoms with Crippen LogP contribution < -0.4 is 4.74 Å². The van der Waals surface area contributed by atoms with Gasteiger partial charge in [0.05, 0.1) is 21.0 Å². The third-order valence-corrected chi connectivity index (χ3v) is 5.68. The Morgan fingerprint density at radius 2 is 1.49 bits per heavy atom. The van der Waals surface area contributed by atoms with E-state index in [0.29, 0.717) is 24.2 Å². The number of hydrogen-bond donors (Lipinski definition) is 0. The second-order valence-electron chi connectivity index (χ2n) is 8.10. The number of rotatable bonds is 8. The van der Waals surface area contributed by atoms with Gasteiger partial charge in [-0.2, -0.15) is 0 Å². The van der Waals surface area contributed by atoms with Crippen LogP contribution in [0.1, 0.15) is 32.7 Å². The number of nitro groups is 2. The quantitative estimate of drug-likeness (QED) is 0.244. The van der Waals surface area contributed by atoms with Crippen LogP contribution in [0.2, 0.25) is 0 Å².